The molecule has 0 fully saturated rings. The van der Waals surface area contributed by atoms with Crippen LogP contribution in [0.1, 0.15) is 16.1 Å². The van der Waals surface area contributed by atoms with Crippen molar-refractivity contribution >= 4 is 21.9 Å². The van der Waals surface area contributed by atoms with Crippen LogP contribution in [0, 0.1) is 5.82 Å². The Morgan fingerprint density at radius 1 is 1.53 bits per heavy atom. The van der Waals surface area contributed by atoms with Crippen LogP contribution in [0.15, 0.2) is 35.2 Å². The average molecular weight is 299 g/mol. The van der Waals surface area contributed by atoms with Crippen molar-refractivity contribution in [1.82, 2.24) is 9.55 Å². The highest BCUT2D eigenvalue weighted by Crippen LogP contribution is 2.19. The topological polar surface area (TPSA) is 55.1 Å². The summed E-state index contributed by atoms with van der Waals surface area (Å²) < 4.78 is 15.1. The van der Waals surface area contributed by atoms with Crippen molar-refractivity contribution in [2.75, 3.05) is 0 Å². The summed E-state index contributed by atoms with van der Waals surface area (Å²) in [6.45, 7) is 0.432. The summed E-state index contributed by atoms with van der Waals surface area (Å²) >= 11 is 3.25. The van der Waals surface area contributed by atoms with Crippen molar-refractivity contribution in [3.05, 3.63) is 52.3 Å². The molecular weight excluding hydrogens is 291 g/mol. The van der Waals surface area contributed by atoms with Crippen LogP contribution in [0.3, 0.4) is 0 Å². The Hall–Kier alpha value is -1.69. The molecule has 0 saturated carbocycles. The molecule has 0 radical (unpaired) electrons. The number of benzene rings is 1. The molecule has 0 spiro atoms. The Labute approximate surface area is 105 Å². The number of aromatic nitrogens is 2. The van der Waals surface area contributed by atoms with Crippen molar-refractivity contribution in [1.29, 1.82) is 0 Å². The molecular formula is C11H8BrFN2O2. The summed E-state index contributed by atoms with van der Waals surface area (Å²) in [7, 11) is 0. The molecule has 0 bridgehead atoms. The summed E-state index contributed by atoms with van der Waals surface area (Å²) in [5.74, 6) is -1.39. The highest BCUT2D eigenvalue weighted by molar-refractivity contribution is 9.10. The molecule has 2 aromatic rings. The molecule has 6 heteroatoms. The Balaban J connectivity index is 2.22. The Morgan fingerprint density at radius 3 is 2.88 bits per heavy atom. The minimum Gasteiger partial charge on any atom is -0.476 e. The maximum Gasteiger partial charge on any atom is 0.356 e. The molecule has 1 heterocycles. The molecule has 88 valence electrons. The zero-order chi connectivity index (χ0) is 12.4. The molecule has 17 heavy (non-hydrogen) atoms. The number of rotatable bonds is 3. The van der Waals surface area contributed by atoms with E-state index in [9.17, 15) is 9.18 Å². The van der Waals surface area contributed by atoms with Gasteiger partial charge in [0.1, 0.15) is 5.82 Å². The molecule has 0 saturated heterocycles. The smallest absolute Gasteiger partial charge is 0.356 e. The number of hydrogen-bond acceptors (Lipinski definition) is 2. The van der Waals surface area contributed by atoms with E-state index in [0.717, 1.165) is 5.56 Å². The van der Waals surface area contributed by atoms with Crippen LogP contribution >= 0.6 is 15.9 Å². The van der Waals surface area contributed by atoms with E-state index in [4.69, 9.17) is 5.11 Å². The molecule has 4 nitrogen and oxygen atoms in total. The molecule has 0 aliphatic heterocycles. The van der Waals surface area contributed by atoms with Crippen molar-refractivity contribution in [3.63, 3.8) is 0 Å². The molecule has 0 aliphatic carbocycles. The van der Waals surface area contributed by atoms with Crippen LogP contribution in [0.25, 0.3) is 0 Å². The molecule has 1 N–H and O–H groups in total. The number of hydrogen-bond donors (Lipinski definition) is 1. The second-order valence-corrected chi connectivity index (χ2v) is 4.33. The summed E-state index contributed by atoms with van der Waals surface area (Å²) in [5.41, 5.74) is 0.837. The van der Waals surface area contributed by atoms with Gasteiger partial charge in [0.05, 0.1) is 6.33 Å². The van der Waals surface area contributed by atoms with Gasteiger partial charge in [0.15, 0.2) is 5.69 Å². The lowest BCUT2D eigenvalue weighted by atomic mass is 10.2. The minimum atomic E-state index is -1.07. The van der Waals surface area contributed by atoms with Crippen LogP contribution in [0.4, 0.5) is 4.39 Å². The van der Waals surface area contributed by atoms with Crippen molar-refractivity contribution in [2.24, 2.45) is 0 Å². The number of halogens is 2. The van der Waals surface area contributed by atoms with Crippen LogP contribution < -0.4 is 0 Å². The third-order valence-electron chi connectivity index (χ3n) is 2.22. The van der Waals surface area contributed by atoms with Crippen molar-refractivity contribution in [2.45, 2.75) is 6.54 Å². The lowest BCUT2D eigenvalue weighted by Gasteiger charge is -2.05. The van der Waals surface area contributed by atoms with Gasteiger partial charge in [-0.05, 0) is 17.7 Å². The first-order valence-corrected chi connectivity index (χ1v) is 5.54. The zero-order valence-electron chi connectivity index (χ0n) is 8.60. The number of carboxylic acids is 1. The van der Waals surface area contributed by atoms with Crippen LogP contribution in [0.5, 0.6) is 0 Å². The highest BCUT2D eigenvalue weighted by Gasteiger charge is 2.08. The second kappa shape index (κ2) is 4.67. The maximum atomic E-state index is 12.9. The third-order valence-corrected chi connectivity index (χ3v) is 2.96. The van der Waals surface area contributed by atoms with Gasteiger partial charge in [-0.15, -0.1) is 0 Å². The SMILES string of the molecule is O=C(O)c1cn(Cc2ccc(F)cc2Br)cn1. The van der Waals surface area contributed by atoms with E-state index in [1.165, 1.54) is 24.7 Å². The predicted octanol–water partition coefficient (Wildman–Crippen LogP) is 2.53. The minimum absolute atomic E-state index is 0.0109. The number of carboxylic acid groups (broad SMARTS) is 1. The molecule has 1 aromatic carbocycles. The molecule has 0 aliphatic rings. The van der Waals surface area contributed by atoms with Crippen LogP contribution in [0.2, 0.25) is 0 Å². The monoisotopic (exact) mass is 298 g/mol. The van der Waals surface area contributed by atoms with Crippen LogP contribution in [-0.2, 0) is 6.54 Å². The van der Waals surface area contributed by atoms with Crippen molar-refractivity contribution in [3.8, 4) is 0 Å². The molecule has 0 unspecified atom stereocenters. The quantitative estimate of drug-likeness (QED) is 0.947. The normalized spacial score (nSPS) is 10.5. The third kappa shape index (κ3) is 2.71. The summed E-state index contributed by atoms with van der Waals surface area (Å²) in [5, 5.41) is 8.72. The van der Waals surface area contributed by atoms with Gasteiger partial charge in [-0.3, -0.25) is 0 Å². The lowest BCUT2D eigenvalue weighted by Crippen LogP contribution is -1.99. The van der Waals surface area contributed by atoms with Gasteiger partial charge in [0.2, 0.25) is 0 Å². The molecule has 0 amide bonds. The first-order chi connectivity index (χ1) is 8.06. The van der Waals surface area contributed by atoms with Gasteiger partial charge >= 0.3 is 5.97 Å². The molecule has 1 aromatic heterocycles. The van der Waals surface area contributed by atoms with Crippen molar-refractivity contribution < 1.29 is 14.3 Å². The average Bonchev–Trinajstić information content (AvgIpc) is 2.71. The first kappa shape index (κ1) is 11.8. The Bertz CT molecular complexity index is 568. The maximum absolute atomic E-state index is 12.9. The summed E-state index contributed by atoms with van der Waals surface area (Å²) in [6, 6.07) is 4.36. The van der Waals surface area contributed by atoms with E-state index in [-0.39, 0.29) is 11.5 Å². The van der Waals surface area contributed by atoms with Gasteiger partial charge in [-0.2, -0.15) is 0 Å². The molecule has 2 rings (SSSR count). The second-order valence-electron chi connectivity index (χ2n) is 3.47. The number of carbonyl (C=O) groups is 1. The zero-order valence-corrected chi connectivity index (χ0v) is 10.2. The fraction of sp³-hybridized carbons (Fsp3) is 0.0909. The van der Waals surface area contributed by atoms with E-state index >= 15 is 0 Å². The van der Waals surface area contributed by atoms with Gasteiger partial charge in [-0.25, -0.2) is 14.2 Å². The predicted molar refractivity (Wildman–Crippen MR) is 62.4 cm³/mol. The van der Waals surface area contributed by atoms with E-state index in [1.807, 2.05) is 0 Å². The molecule has 0 atom stereocenters. The number of imidazole rings is 1. The van der Waals surface area contributed by atoms with E-state index in [1.54, 1.807) is 10.6 Å². The van der Waals surface area contributed by atoms with Gasteiger partial charge < -0.3 is 9.67 Å². The number of aromatic carboxylic acids is 1. The fourth-order valence-electron chi connectivity index (χ4n) is 1.40. The standard InChI is InChI=1S/C11H8BrFN2O2/c12-9-3-8(13)2-1-7(9)4-15-5-10(11(16)17)14-6-15/h1-3,5-6H,4H2,(H,16,17). The van der Waals surface area contributed by atoms with Crippen LogP contribution in [-0.4, -0.2) is 20.6 Å². The lowest BCUT2D eigenvalue weighted by molar-refractivity contribution is 0.0691. The summed E-state index contributed by atoms with van der Waals surface area (Å²) in [6.07, 6.45) is 2.86. The van der Waals surface area contributed by atoms with Gasteiger partial charge in [0.25, 0.3) is 0 Å². The fourth-order valence-corrected chi connectivity index (χ4v) is 1.88. The number of nitrogens with zero attached hydrogens (tertiary/aromatic N) is 2. The highest BCUT2D eigenvalue weighted by atomic mass is 79.9. The Morgan fingerprint density at radius 2 is 2.29 bits per heavy atom. The Kier molecular flexibility index (Phi) is 3.23. The summed E-state index contributed by atoms with van der Waals surface area (Å²) in [4.78, 5) is 14.4. The first-order valence-electron chi connectivity index (χ1n) is 4.75. The van der Waals surface area contributed by atoms with E-state index in [0.29, 0.717) is 11.0 Å². The van der Waals surface area contributed by atoms with Gasteiger partial charge in [0, 0.05) is 17.2 Å². The van der Waals surface area contributed by atoms with E-state index in [2.05, 4.69) is 20.9 Å². The van der Waals surface area contributed by atoms with E-state index < -0.39 is 5.97 Å². The largest absolute Gasteiger partial charge is 0.476 e. The van der Waals surface area contributed by atoms with Gasteiger partial charge in [-0.1, -0.05) is 22.0 Å².